The van der Waals surface area contributed by atoms with Crippen molar-refractivity contribution in [1.82, 2.24) is 0 Å². The van der Waals surface area contributed by atoms with E-state index in [1.54, 1.807) is 0 Å². The maximum absolute atomic E-state index is 4.62. The Balaban J connectivity index is 0. The van der Waals surface area contributed by atoms with E-state index in [1.165, 1.54) is 0 Å². The molecule has 5 heteroatoms. The van der Waals surface area contributed by atoms with E-state index in [4.69, 9.17) is 0 Å². The van der Waals surface area contributed by atoms with Crippen LogP contribution in [0.15, 0.2) is 0 Å². The first kappa shape index (κ1) is 12.8. The predicted molar refractivity (Wildman–Crippen MR) is 49.2 cm³/mol. The van der Waals surface area contributed by atoms with Crippen molar-refractivity contribution < 1.29 is 17.1 Å². The van der Waals surface area contributed by atoms with E-state index in [9.17, 15) is 0 Å². The van der Waals surface area contributed by atoms with Crippen LogP contribution in [0.3, 0.4) is 0 Å². The number of hydrogen-bond acceptors (Lipinski definition) is 4. The molecule has 0 aliphatic rings. The molecule has 0 bridgehead atoms. The number of hydrogen-bond donors (Lipinski definition) is 0. The van der Waals surface area contributed by atoms with Crippen molar-refractivity contribution in [2.24, 2.45) is 0 Å². The Kier molecular flexibility index (Phi) is 10.3. The molecule has 0 aliphatic carbocycles. The van der Waals surface area contributed by atoms with Gasteiger partial charge in [0, 0.05) is 0 Å². The van der Waals surface area contributed by atoms with E-state index in [1.807, 2.05) is 0 Å². The summed E-state index contributed by atoms with van der Waals surface area (Å²) >= 11 is 18.5. The number of rotatable bonds is 3. The minimum atomic E-state index is 0. The molecule has 0 saturated carbocycles. The molecule has 0 aromatic rings. The Morgan fingerprint density at radius 3 is 1.33 bits per heavy atom. The second-order valence-electron chi connectivity index (χ2n) is 1.24. The van der Waals surface area contributed by atoms with E-state index in [0.717, 1.165) is 0 Å². The quantitative estimate of drug-likeness (QED) is 0.413. The Morgan fingerprint density at radius 1 is 1.00 bits per heavy atom. The molecule has 0 heterocycles. The second-order valence-corrected chi connectivity index (χ2v) is 3.73. The molecular formula is C4H4MnS4. The summed E-state index contributed by atoms with van der Waals surface area (Å²) in [7, 11) is 0. The number of thiocarbonyl (C=S) groups is 2. The molecule has 0 amide bonds. The van der Waals surface area contributed by atoms with Crippen LogP contribution in [-0.4, -0.2) is 8.39 Å². The fourth-order valence-corrected chi connectivity index (χ4v) is 0.612. The van der Waals surface area contributed by atoms with Gasteiger partial charge in [-0.3, -0.25) is 0 Å². The van der Waals surface area contributed by atoms with E-state index < -0.39 is 0 Å². The average molecular weight is 235 g/mol. The molecule has 0 aromatic carbocycles. The van der Waals surface area contributed by atoms with Crippen molar-refractivity contribution in [3.8, 4) is 0 Å². The summed E-state index contributed by atoms with van der Waals surface area (Å²) in [4.78, 5) is 0. The van der Waals surface area contributed by atoms with Crippen molar-refractivity contribution in [3.63, 3.8) is 0 Å². The largest absolute Gasteiger partial charge is 2.00 e. The van der Waals surface area contributed by atoms with Crippen LogP contribution < -0.4 is 0 Å². The third-order valence-electron chi connectivity index (χ3n) is 0.533. The zero-order chi connectivity index (χ0) is 6.57. The first-order valence-electron chi connectivity index (χ1n) is 2.02. The summed E-state index contributed by atoms with van der Waals surface area (Å²) < 4.78 is 1.13. The van der Waals surface area contributed by atoms with Gasteiger partial charge in [-0.2, -0.15) is 8.39 Å². The Hall–Kier alpha value is 1.14. The molecule has 0 fully saturated rings. The van der Waals surface area contributed by atoms with Crippen LogP contribution in [0.1, 0.15) is 12.8 Å². The van der Waals surface area contributed by atoms with Crippen molar-refractivity contribution >= 4 is 58.1 Å². The molecule has 0 unspecified atom stereocenters. The van der Waals surface area contributed by atoms with Gasteiger partial charge in [0.2, 0.25) is 0 Å². The van der Waals surface area contributed by atoms with Crippen LogP contribution in [0.2, 0.25) is 0 Å². The molecule has 0 aromatic heterocycles. The van der Waals surface area contributed by atoms with Crippen LogP contribution in [-0.2, 0) is 42.3 Å². The standard InChI is InChI=1S/C4H6S4.Mn/c5-3(6)1-2-4(7)8;/h1-2H2,(H,5,6)(H,7,8);/q;+2/p-2. The Bertz CT molecular complexity index is 97.1. The summed E-state index contributed by atoms with van der Waals surface area (Å²) in [5.74, 6) is 0. The second kappa shape index (κ2) is 7.25. The van der Waals surface area contributed by atoms with Gasteiger partial charge in [0.25, 0.3) is 0 Å². The molecule has 0 nitrogen and oxygen atoms in total. The van der Waals surface area contributed by atoms with Gasteiger partial charge in [-0.25, -0.2) is 0 Å². The normalized spacial score (nSPS) is 7.56. The minimum Gasteiger partial charge on any atom is -0.433 e. The fourth-order valence-electron chi connectivity index (χ4n) is 0.204. The molecule has 0 N–H and O–H groups in total. The third kappa shape index (κ3) is 12.4. The molecule has 0 atom stereocenters. The van der Waals surface area contributed by atoms with Crippen LogP contribution in [0.5, 0.6) is 0 Å². The van der Waals surface area contributed by atoms with Crippen LogP contribution in [0.4, 0.5) is 0 Å². The zero-order valence-electron chi connectivity index (χ0n) is 4.43. The smallest absolute Gasteiger partial charge is 0.433 e. The summed E-state index contributed by atoms with van der Waals surface area (Å²) in [6.45, 7) is 0. The zero-order valence-corrected chi connectivity index (χ0v) is 8.87. The molecule has 9 heavy (non-hydrogen) atoms. The molecule has 51 valence electrons. The van der Waals surface area contributed by atoms with Crippen molar-refractivity contribution in [3.05, 3.63) is 0 Å². The maximum Gasteiger partial charge on any atom is 2.00 e. The SMILES string of the molecule is S=C([S-])CCC(=S)[S-].[Mn+2]. The minimum absolute atomic E-state index is 0. The van der Waals surface area contributed by atoms with Gasteiger partial charge in [0.1, 0.15) is 0 Å². The van der Waals surface area contributed by atoms with Crippen molar-refractivity contribution in [1.29, 1.82) is 0 Å². The van der Waals surface area contributed by atoms with Crippen molar-refractivity contribution in [2.75, 3.05) is 0 Å². The maximum atomic E-state index is 4.62. The summed E-state index contributed by atoms with van der Waals surface area (Å²) in [6.07, 6.45) is 1.38. The third-order valence-corrected chi connectivity index (χ3v) is 1.35. The molecular weight excluding hydrogens is 231 g/mol. The molecule has 1 radical (unpaired) electrons. The molecule has 0 saturated heterocycles. The van der Waals surface area contributed by atoms with E-state index in [2.05, 4.69) is 49.7 Å². The van der Waals surface area contributed by atoms with Crippen LogP contribution in [0.25, 0.3) is 0 Å². The molecule has 0 aliphatic heterocycles. The Morgan fingerprint density at radius 2 is 1.22 bits per heavy atom. The summed E-state index contributed by atoms with van der Waals surface area (Å²) in [5.41, 5.74) is 0. The first-order chi connectivity index (χ1) is 3.63. The molecule has 0 spiro atoms. The van der Waals surface area contributed by atoms with Gasteiger partial charge in [-0.15, -0.1) is 0 Å². The van der Waals surface area contributed by atoms with Gasteiger partial charge in [0.15, 0.2) is 0 Å². The fraction of sp³-hybridized carbons (Fsp3) is 0.500. The van der Waals surface area contributed by atoms with E-state index in [0.29, 0.717) is 21.2 Å². The van der Waals surface area contributed by atoms with E-state index >= 15 is 0 Å². The van der Waals surface area contributed by atoms with Gasteiger partial charge in [-0.1, -0.05) is 0 Å². The van der Waals surface area contributed by atoms with Gasteiger partial charge in [0.05, 0.1) is 0 Å². The van der Waals surface area contributed by atoms with E-state index in [-0.39, 0.29) is 17.1 Å². The van der Waals surface area contributed by atoms with Gasteiger partial charge in [-0.05, 0) is 12.8 Å². The Labute approximate surface area is 87.5 Å². The topological polar surface area (TPSA) is 0 Å². The average Bonchev–Trinajstić information content (AvgIpc) is 1.61. The molecule has 0 rings (SSSR count). The van der Waals surface area contributed by atoms with Crippen LogP contribution in [0, 0.1) is 0 Å². The van der Waals surface area contributed by atoms with Crippen molar-refractivity contribution in [2.45, 2.75) is 12.8 Å². The first-order valence-corrected chi connectivity index (χ1v) is 3.66. The van der Waals surface area contributed by atoms with Crippen LogP contribution >= 0.6 is 24.4 Å². The monoisotopic (exact) mass is 235 g/mol. The predicted octanol–water partition coefficient (Wildman–Crippen LogP) is 1.51. The van der Waals surface area contributed by atoms with Gasteiger partial charge >= 0.3 is 17.1 Å². The summed E-state index contributed by atoms with van der Waals surface area (Å²) in [6, 6.07) is 0. The van der Waals surface area contributed by atoms with Gasteiger partial charge < -0.3 is 49.7 Å². The summed E-state index contributed by atoms with van der Waals surface area (Å²) in [5, 5.41) is 0.